The Balaban J connectivity index is 2.26. The highest BCUT2D eigenvalue weighted by atomic mass is 16.3. The number of piperidine rings is 1. The standard InChI is InChI=1S/C15H24N2O/c1-11-5-3-6-12(2)17(11)15(10-16)13-7-4-8-14(18)9-13/h4,7-9,11-12,15,18H,3,5-6,10,16H2,1-2H3. The van der Waals surface area contributed by atoms with Crippen LogP contribution in [0.25, 0.3) is 0 Å². The van der Waals surface area contributed by atoms with Crippen molar-refractivity contribution in [3.05, 3.63) is 29.8 Å². The molecule has 1 aliphatic heterocycles. The quantitative estimate of drug-likeness (QED) is 0.864. The highest BCUT2D eigenvalue weighted by Crippen LogP contribution is 2.32. The molecule has 1 fully saturated rings. The first-order valence-electron chi connectivity index (χ1n) is 6.90. The van der Waals surface area contributed by atoms with Crippen molar-refractivity contribution in [3.8, 4) is 5.75 Å². The van der Waals surface area contributed by atoms with Crippen LogP contribution in [0.5, 0.6) is 5.75 Å². The van der Waals surface area contributed by atoms with Crippen molar-refractivity contribution in [2.75, 3.05) is 6.54 Å². The van der Waals surface area contributed by atoms with Crippen molar-refractivity contribution in [2.24, 2.45) is 5.73 Å². The van der Waals surface area contributed by atoms with Gasteiger partial charge in [0.15, 0.2) is 0 Å². The number of nitrogens with zero attached hydrogens (tertiary/aromatic N) is 1. The Hall–Kier alpha value is -1.06. The third-order valence-corrected chi connectivity index (χ3v) is 4.10. The van der Waals surface area contributed by atoms with Crippen LogP contribution in [-0.2, 0) is 0 Å². The number of phenolic OH excluding ortho intramolecular Hbond substituents is 1. The van der Waals surface area contributed by atoms with Gasteiger partial charge in [0.1, 0.15) is 5.75 Å². The van der Waals surface area contributed by atoms with E-state index in [1.807, 2.05) is 12.1 Å². The Labute approximate surface area is 110 Å². The highest BCUT2D eigenvalue weighted by Gasteiger charge is 2.31. The largest absolute Gasteiger partial charge is 0.508 e. The Bertz CT molecular complexity index is 384. The van der Waals surface area contributed by atoms with Crippen molar-refractivity contribution < 1.29 is 5.11 Å². The van der Waals surface area contributed by atoms with Gasteiger partial charge in [0.2, 0.25) is 0 Å². The maximum absolute atomic E-state index is 9.63. The van der Waals surface area contributed by atoms with Crippen LogP contribution >= 0.6 is 0 Å². The van der Waals surface area contributed by atoms with E-state index in [0.717, 1.165) is 5.56 Å². The van der Waals surface area contributed by atoms with Crippen LogP contribution in [0, 0.1) is 0 Å². The monoisotopic (exact) mass is 248 g/mol. The number of phenols is 1. The van der Waals surface area contributed by atoms with Crippen molar-refractivity contribution in [3.63, 3.8) is 0 Å². The van der Waals surface area contributed by atoms with Gasteiger partial charge in [-0.2, -0.15) is 0 Å². The first-order chi connectivity index (χ1) is 8.63. The molecule has 1 saturated heterocycles. The maximum atomic E-state index is 9.63. The van der Waals surface area contributed by atoms with E-state index in [1.54, 1.807) is 6.07 Å². The lowest BCUT2D eigenvalue weighted by atomic mass is 9.92. The van der Waals surface area contributed by atoms with Crippen molar-refractivity contribution in [2.45, 2.75) is 51.2 Å². The first-order valence-corrected chi connectivity index (χ1v) is 6.90. The average Bonchev–Trinajstić information content (AvgIpc) is 2.34. The molecule has 1 aliphatic rings. The number of aromatic hydroxyl groups is 1. The number of likely N-dealkylation sites (tertiary alicyclic amines) is 1. The molecule has 3 unspecified atom stereocenters. The molecule has 0 bridgehead atoms. The molecule has 0 aromatic heterocycles. The highest BCUT2D eigenvalue weighted by molar-refractivity contribution is 5.30. The Kier molecular flexibility index (Phi) is 4.25. The Morgan fingerprint density at radius 2 is 2.00 bits per heavy atom. The van der Waals surface area contributed by atoms with E-state index < -0.39 is 0 Å². The van der Waals surface area contributed by atoms with Crippen LogP contribution in [0.2, 0.25) is 0 Å². The first kappa shape index (κ1) is 13.4. The molecule has 100 valence electrons. The van der Waals surface area contributed by atoms with E-state index >= 15 is 0 Å². The van der Waals surface area contributed by atoms with Crippen LogP contribution in [-0.4, -0.2) is 28.6 Å². The summed E-state index contributed by atoms with van der Waals surface area (Å²) in [5.41, 5.74) is 7.11. The van der Waals surface area contributed by atoms with E-state index in [4.69, 9.17) is 5.73 Å². The molecule has 3 atom stereocenters. The van der Waals surface area contributed by atoms with Gasteiger partial charge in [0, 0.05) is 24.7 Å². The minimum Gasteiger partial charge on any atom is -0.508 e. The molecule has 3 nitrogen and oxygen atoms in total. The molecule has 1 aromatic carbocycles. The minimum absolute atomic E-state index is 0.211. The van der Waals surface area contributed by atoms with Crippen molar-refractivity contribution in [1.29, 1.82) is 0 Å². The summed E-state index contributed by atoms with van der Waals surface area (Å²) in [6.07, 6.45) is 3.77. The lowest BCUT2D eigenvalue weighted by molar-refractivity contribution is 0.0577. The molecule has 0 radical (unpaired) electrons. The summed E-state index contributed by atoms with van der Waals surface area (Å²) in [5, 5.41) is 9.63. The third kappa shape index (κ3) is 2.68. The number of nitrogens with two attached hydrogens (primary N) is 1. The van der Waals surface area contributed by atoms with Crippen LogP contribution < -0.4 is 5.73 Å². The molecule has 1 aromatic rings. The SMILES string of the molecule is CC1CCCC(C)N1C(CN)c1cccc(O)c1. The van der Waals surface area contributed by atoms with Crippen LogP contribution in [0.3, 0.4) is 0 Å². The molecule has 2 rings (SSSR count). The van der Waals surface area contributed by atoms with Crippen molar-refractivity contribution in [1.82, 2.24) is 4.90 Å². The van der Waals surface area contributed by atoms with Crippen LogP contribution in [0.4, 0.5) is 0 Å². The van der Waals surface area contributed by atoms with E-state index in [2.05, 4.69) is 24.8 Å². The zero-order chi connectivity index (χ0) is 13.1. The number of rotatable bonds is 3. The molecule has 0 amide bonds. The summed E-state index contributed by atoms with van der Waals surface area (Å²) in [7, 11) is 0. The van der Waals surface area contributed by atoms with Gasteiger partial charge in [-0.1, -0.05) is 18.6 Å². The van der Waals surface area contributed by atoms with E-state index in [9.17, 15) is 5.11 Å². The number of benzene rings is 1. The Morgan fingerprint density at radius 1 is 1.33 bits per heavy atom. The summed E-state index contributed by atoms with van der Waals surface area (Å²) in [4.78, 5) is 2.51. The zero-order valence-corrected chi connectivity index (χ0v) is 11.3. The fourth-order valence-electron chi connectivity index (χ4n) is 3.22. The summed E-state index contributed by atoms with van der Waals surface area (Å²) in [6.45, 7) is 5.15. The summed E-state index contributed by atoms with van der Waals surface area (Å²) < 4.78 is 0. The molecule has 3 N–H and O–H groups in total. The van der Waals surface area contributed by atoms with Gasteiger partial charge in [0.05, 0.1) is 0 Å². The fourth-order valence-corrected chi connectivity index (χ4v) is 3.22. The molecule has 0 saturated carbocycles. The van der Waals surface area contributed by atoms with Gasteiger partial charge in [-0.25, -0.2) is 0 Å². The van der Waals surface area contributed by atoms with Crippen LogP contribution in [0.15, 0.2) is 24.3 Å². The van der Waals surface area contributed by atoms with Gasteiger partial charge in [0.25, 0.3) is 0 Å². The fraction of sp³-hybridized carbons (Fsp3) is 0.600. The predicted octanol–water partition coefficient (Wildman–Crippen LogP) is 2.65. The molecule has 18 heavy (non-hydrogen) atoms. The molecule has 3 heteroatoms. The zero-order valence-electron chi connectivity index (χ0n) is 11.3. The second-order valence-corrected chi connectivity index (χ2v) is 5.42. The summed E-state index contributed by atoms with van der Waals surface area (Å²) >= 11 is 0. The lowest BCUT2D eigenvalue weighted by Gasteiger charge is -2.44. The van der Waals surface area contributed by atoms with Crippen molar-refractivity contribution >= 4 is 0 Å². The van der Waals surface area contributed by atoms with Gasteiger partial charge in [-0.05, 0) is 44.4 Å². The van der Waals surface area contributed by atoms with Gasteiger partial charge in [-0.3, -0.25) is 4.90 Å². The second-order valence-electron chi connectivity index (χ2n) is 5.42. The normalized spacial score (nSPS) is 27.1. The molecular weight excluding hydrogens is 224 g/mol. The molecule has 0 aliphatic carbocycles. The summed E-state index contributed by atoms with van der Waals surface area (Å²) in [5.74, 6) is 0.322. The number of hydrogen-bond donors (Lipinski definition) is 2. The van der Waals surface area contributed by atoms with Crippen LogP contribution in [0.1, 0.15) is 44.7 Å². The maximum Gasteiger partial charge on any atom is 0.115 e. The summed E-state index contributed by atoms with van der Waals surface area (Å²) in [6, 6.07) is 8.83. The average molecular weight is 248 g/mol. The van der Waals surface area contributed by atoms with E-state index in [-0.39, 0.29) is 6.04 Å². The molecule has 0 spiro atoms. The van der Waals surface area contributed by atoms with Gasteiger partial charge >= 0.3 is 0 Å². The molecular formula is C15H24N2O. The van der Waals surface area contributed by atoms with E-state index in [1.165, 1.54) is 19.3 Å². The second kappa shape index (κ2) is 5.72. The predicted molar refractivity (Wildman–Crippen MR) is 74.5 cm³/mol. The number of hydrogen-bond acceptors (Lipinski definition) is 3. The third-order valence-electron chi connectivity index (χ3n) is 4.10. The van der Waals surface area contributed by atoms with Gasteiger partial charge in [-0.15, -0.1) is 0 Å². The molecule has 1 heterocycles. The lowest BCUT2D eigenvalue weighted by Crippen LogP contribution is -2.48. The smallest absolute Gasteiger partial charge is 0.115 e. The topological polar surface area (TPSA) is 49.5 Å². The van der Waals surface area contributed by atoms with Gasteiger partial charge < -0.3 is 10.8 Å². The minimum atomic E-state index is 0.211. The Morgan fingerprint density at radius 3 is 2.56 bits per heavy atom. The van der Waals surface area contributed by atoms with E-state index in [0.29, 0.717) is 24.4 Å².